The first-order chi connectivity index (χ1) is 8.29. The molecule has 0 aliphatic carbocycles. The molecule has 0 atom stereocenters. The molecule has 0 aliphatic heterocycles. The van der Waals surface area contributed by atoms with Gasteiger partial charge in [0.1, 0.15) is 18.1 Å². The van der Waals surface area contributed by atoms with Gasteiger partial charge in [0.2, 0.25) is 0 Å². The fourth-order valence-corrected chi connectivity index (χ4v) is 1.60. The first kappa shape index (κ1) is 11.6. The highest BCUT2D eigenvalue weighted by Gasteiger charge is 2.05. The number of quaternary nitrogens is 1. The fraction of sp³-hybridized carbons (Fsp3) is 0.143. The first-order valence-corrected chi connectivity index (χ1v) is 5.57. The topological polar surface area (TPSA) is 29.8 Å². The Kier molecular flexibility index (Phi) is 3.73. The Bertz CT molecular complexity index is 487. The maximum Gasteiger partial charge on any atom is 0.158 e. The summed E-state index contributed by atoms with van der Waals surface area (Å²) < 4.78 is 18.4. The molecule has 1 aromatic carbocycles. The number of rotatable bonds is 5. The van der Waals surface area contributed by atoms with E-state index in [4.69, 9.17) is 4.42 Å². The average Bonchev–Trinajstić information content (AvgIpc) is 2.79. The minimum absolute atomic E-state index is 0.236. The lowest BCUT2D eigenvalue weighted by Crippen LogP contribution is -2.82. The molecule has 0 fully saturated rings. The normalized spacial score (nSPS) is 10.4. The molecule has 0 unspecified atom stereocenters. The second-order valence-electron chi connectivity index (χ2n) is 3.79. The summed E-state index contributed by atoms with van der Waals surface area (Å²) in [6.07, 6.45) is 1.85. The van der Waals surface area contributed by atoms with Crippen molar-refractivity contribution in [3.63, 3.8) is 0 Å². The molecule has 0 spiro atoms. The second kappa shape index (κ2) is 5.46. The van der Waals surface area contributed by atoms with E-state index in [1.807, 2.05) is 18.2 Å². The Morgan fingerprint density at radius 1 is 1.18 bits per heavy atom. The van der Waals surface area contributed by atoms with Gasteiger partial charge in [-0.2, -0.15) is 0 Å². The van der Waals surface area contributed by atoms with E-state index in [1.165, 1.54) is 12.1 Å². The number of nitrogens with two attached hydrogens (primary N) is 1. The minimum atomic E-state index is -0.236. The quantitative estimate of drug-likeness (QED) is 0.622. The van der Waals surface area contributed by atoms with Crippen LogP contribution in [-0.4, -0.2) is 6.54 Å². The van der Waals surface area contributed by atoms with Crippen LogP contribution >= 0.6 is 0 Å². The number of furan rings is 1. The summed E-state index contributed by atoms with van der Waals surface area (Å²) >= 11 is 0. The molecule has 2 aromatic rings. The lowest BCUT2D eigenvalue weighted by atomic mass is 10.2. The largest absolute Gasteiger partial charge is 0.455 e. The molecule has 2 rings (SSSR count). The van der Waals surface area contributed by atoms with Crippen LogP contribution in [0.25, 0.3) is 11.3 Å². The number of hydrogen-bond acceptors (Lipinski definition) is 1. The summed E-state index contributed by atoms with van der Waals surface area (Å²) in [6, 6.07) is 10.1. The van der Waals surface area contributed by atoms with Crippen LogP contribution in [0.2, 0.25) is 0 Å². The summed E-state index contributed by atoms with van der Waals surface area (Å²) in [4.78, 5) is 0. The summed E-state index contributed by atoms with van der Waals surface area (Å²) in [6.45, 7) is 5.31. The van der Waals surface area contributed by atoms with Crippen LogP contribution in [0.5, 0.6) is 0 Å². The van der Waals surface area contributed by atoms with Gasteiger partial charge in [-0.25, -0.2) is 4.39 Å². The summed E-state index contributed by atoms with van der Waals surface area (Å²) in [7, 11) is 0. The van der Waals surface area contributed by atoms with E-state index >= 15 is 0 Å². The number of hydrogen-bond donors (Lipinski definition) is 1. The van der Waals surface area contributed by atoms with Gasteiger partial charge in [0.25, 0.3) is 0 Å². The Morgan fingerprint density at radius 3 is 2.65 bits per heavy atom. The predicted octanol–water partition coefficient (Wildman–Crippen LogP) is 2.34. The Labute approximate surface area is 99.8 Å². The van der Waals surface area contributed by atoms with Crippen LogP contribution in [0, 0.1) is 5.82 Å². The van der Waals surface area contributed by atoms with E-state index < -0.39 is 0 Å². The minimum Gasteiger partial charge on any atom is -0.455 e. The van der Waals surface area contributed by atoms with Crippen molar-refractivity contribution < 1.29 is 14.1 Å². The molecule has 1 heterocycles. The molecule has 17 heavy (non-hydrogen) atoms. The van der Waals surface area contributed by atoms with E-state index in [0.717, 1.165) is 30.2 Å². The van der Waals surface area contributed by atoms with Gasteiger partial charge in [0.05, 0.1) is 6.54 Å². The maximum absolute atomic E-state index is 12.8. The molecule has 88 valence electrons. The maximum atomic E-state index is 12.8. The van der Waals surface area contributed by atoms with Crippen LogP contribution < -0.4 is 5.32 Å². The monoisotopic (exact) mass is 232 g/mol. The van der Waals surface area contributed by atoms with Crippen molar-refractivity contribution in [2.75, 3.05) is 6.54 Å². The number of halogens is 1. The second-order valence-corrected chi connectivity index (χ2v) is 3.79. The van der Waals surface area contributed by atoms with Gasteiger partial charge >= 0.3 is 0 Å². The SMILES string of the molecule is C=CC[NH2+]Cc1ccc(-c2ccc(F)cc2)o1. The highest BCUT2D eigenvalue weighted by Crippen LogP contribution is 2.21. The zero-order chi connectivity index (χ0) is 12.1. The molecule has 0 bridgehead atoms. The highest BCUT2D eigenvalue weighted by atomic mass is 19.1. The Morgan fingerprint density at radius 2 is 1.94 bits per heavy atom. The predicted molar refractivity (Wildman–Crippen MR) is 64.8 cm³/mol. The first-order valence-electron chi connectivity index (χ1n) is 5.57. The van der Waals surface area contributed by atoms with Crippen LogP contribution in [0.1, 0.15) is 5.76 Å². The van der Waals surface area contributed by atoms with Gasteiger partial charge in [-0.1, -0.05) is 6.58 Å². The van der Waals surface area contributed by atoms with E-state index in [9.17, 15) is 4.39 Å². The van der Waals surface area contributed by atoms with Crippen molar-refractivity contribution in [3.8, 4) is 11.3 Å². The van der Waals surface area contributed by atoms with Crippen LogP contribution in [0.15, 0.2) is 53.5 Å². The third-order valence-corrected chi connectivity index (χ3v) is 2.47. The molecular weight excluding hydrogens is 217 g/mol. The van der Waals surface area contributed by atoms with Crippen molar-refractivity contribution in [1.29, 1.82) is 0 Å². The molecule has 2 N–H and O–H groups in total. The van der Waals surface area contributed by atoms with Gasteiger partial charge in [-0.3, -0.25) is 0 Å². The zero-order valence-corrected chi connectivity index (χ0v) is 9.53. The smallest absolute Gasteiger partial charge is 0.158 e. The molecule has 0 radical (unpaired) electrons. The van der Waals surface area contributed by atoms with E-state index in [2.05, 4.69) is 11.9 Å². The molecule has 0 saturated carbocycles. The van der Waals surface area contributed by atoms with E-state index in [0.29, 0.717) is 0 Å². The van der Waals surface area contributed by atoms with Crippen molar-refractivity contribution in [3.05, 3.63) is 60.6 Å². The van der Waals surface area contributed by atoms with Crippen molar-refractivity contribution >= 4 is 0 Å². The zero-order valence-electron chi connectivity index (χ0n) is 9.53. The standard InChI is InChI=1S/C14H14FNO/c1-2-9-16-10-13-7-8-14(17-13)11-3-5-12(15)6-4-11/h2-8,16H,1,9-10H2/p+1. The van der Waals surface area contributed by atoms with Crippen molar-refractivity contribution in [2.45, 2.75) is 6.54 Å². The molecule has 3 heteroatoms. The molecule has 2 nitrogen and oxygen atoms in total. The molecular formula is C14H15FNO+. The number of benzene rings is 1. The summed E-state index contributed by atoms with van der Waals surface area (Å²) in [5.74, 6) is 1.44. The third-order valence-electron chi connectivity index (χ3n) is 2.47. The van der Waals surface area contributed by atoms with Gasteiger partial charge in [0, 0.05) is 5.56 Å². The van der Waals surface area contributed by atoms with Crippen LogP contribution in [-0.2, 0) is 6.54 Å². The van der Waals surface area contributed by atoms with Gasteiger partial charge in [-0.15, -0.1) is 0 Å². The lowest BCUT2D eigenvalue weighted by Gasteiger charge is -1.97. The third kappa shape index (κ3) is 3.04. The lowest BCUT2D eigenvalue weighted by molar-refractivity contribution is -0.663. The van der Waals surface area contributed by atoms with Gasteiger partial charge < -0.3 is 9.73 Å². The Hall–Kier alpha value is -1.87. The molecule has 0 amide bonds. The average molecular weight is 232 g/mol. The highest BCUT2D eigenvalue weighted by molar-refractivity contribution is 5.57. The van der Waals surface area contributed by atoms with Gasteiger partial charge in [0.15, 0.2) is 5.76 Å². The van der Waals surface area contributed by atoms with Crippen LogP contribution in [0.4, 0.5) is 4.39 Å². The van der Waals surface area contributed by atoms with Crippen molar-refractivity contribution in [2.24, 2.45) is 0 Å². The van der Waals surface area contributed by atoms with Gasteiger partial charge in [-0.05, 0) is 42.5 Å². The molecule has 1 aromatic heterocycles. The van der Waals surface area contributed by atoms with E-state index in [-0.39, 0.29) is 5.82 Å². The molecule has 0 saturated heterocycles. The van der Waals surface area contributed by atoms with Crippen molar-refractivity contribution in [1.82, 2.24) is 0 Å². The summed E-state index contributed by atoms with van der Waals surface area (Å²) in [5, 5.41) is 2.10. The fourth-order valence-electron chi connectivity index (χ4n) is 1.60. The van der Waals surface area contributed by atoms with E-state index in [1.54, 1.807) is 12.1 Å². The molecule has 0 aliphatic rings. The Balaban J connectivity index is 2.07. The summed E-state index contributed by atoms with van der Waals surface area (Å²) in [5.41, 5.74) is 0.890. The van der Waals surface area contributed by atoms with Crippen LogP contribution in [0.3, 0.4) is 0 Å².